The first-order valence-corrected chi connectivity index (χ1v) is 5.09. The van der Waals surface area contributed by atoms with Gasteiger partial charge in [-0.05, 0) is 19.1 Å². The average Bonchev–Trinajstić information content (AvgIpc) is 2.61. The van der Waals surface area contributed by atoms with Crippen molar-refractivity contribution in [3.05, 3.63) is 35.5 Å². The Labute approximate surface area is 97.9 Å². The third-order valence-corrected chi connectivity index (χ3v) is 2.44. The molecule has 0 fully saturated rings. The smallest absolute Gasteiger partial charge is 0.271 e. The molecule has 82 valence electrons. The maximum Gasteiger partial charge on any atom is 0.271 e. The van der Waals surface area contributed by atoms with Crippen molar-refractivity contribution in [3.63, 3.8) is 0 Å². The fraction of sp³-hybridized carbons (Fsp3) is 0.0909. The average molecular weight is 234 g/mol. The zero-order valence-corrected chi connectivity index (χ0v) is 9.49. The van der Waals surface area contributed by atoms with Crippen molar-refractivity contribution >= 4 is 18.5 Å². The summed E-state index contributed by atoms with van der Waals surface area (Å²) in [6.45, 7) is 1.98. The number of nitrogens with zero attached hydrogens (tertiary/aromatic N) is 1. The molecule has 0 atom stereocenters. The standard InChI is InChI=1S/C11H10N2O2S/c1-6-2-4-7(5-3-6)10-13-8(9(12)14)11(16)15-10/h2-5,16H,1H3,(H2,12,14). The number of thiol groups is 1. The molecule has 1 aromatic heterocycles. The highest BCUT2D eigenvalue weighted by molar-refractivity contribution is 7.80. The number of aromatic nitrogens is 1. The Morgan fingerprint density at radius 3 is 2.50 bits per heavy atom. The number of oxazole rings is 1. The minimum Gasteiger partial charge on any atom is -0.429 e. The Morgan fingerprint density at radius 1 is 1.38 bits per heavy atom. The van der Waals surface area contributed by atoms with Gasteiger partial charge in [-0.3, -0.25) is 4.79 Å². The van der Waals surface area contributed by atoms with Crippen molar-refractivity contribution in [1.82, 2.24) is 4.98 Å². The summed E-state index contributed by atoms with van der Waals surface area (Å²) >= 11 is 4.00. The first-order chi connectivity index (χ1) is 7.58. The molecular formula is C11H10N2O2S. The summed E-state index contributed by atoms with van der Waals surface area (Å²) in [7, 11) is 0. The van der Waals surface area contributed by atoms with Crippen LogP contribution in [0.4, 0.5) is 0 Å². The highest BCUT2D eigenvalue weighted by Crippen LogP contribution is 2.24. The molecule has 0 aliphatic carbocycles. The van der Waals surface area contributed by atoms with Gasteiger partial charge in [0.2, 0.25) is 5.89 Å². The summed E-state index contributed by atoms with van der Waals surface area (Å²) in [4.78, 5) is 15.0. The molecule has 0 saturated carbocycles. The van der Waals surface area contributed by atoms with Crippen LogP contribution in [0, 0.1) is 6.92 Å². The molecule has 0 unspecified atom stereocenters. The molecule has 2 N–H and O–H groups in total. The van der Waals surface area contributed by atoms with Crippen LogP contribution in [0.5, 0.6) is 0 Å². The van der Waals surface area contributed by atoms with Crippen LogP contribution >= 0.6 is 12.6 Å². The molecule has 2 aromatic rings. The Kier molecular flexibility index (Phi) is 2.70. The third-order valence-electron chi connectivity index (χ3n) is 2.14. The molecular weight excluding hydrogens is 224 g/mol. The van der Waals surface area contributed by atoms with Gasteiger partial charge in [0.25, 0.3) is 5.91 Å². The summed E-state index contributed by atoms with van der Waals surface area (Å²) in [5.74, 6) is -0.300. The fourth-order valence-electron chi connectivity index (χ4n) is 1.29. The third kappa shape index (κ3) is 1.94. The number of carbonyl (C=O) groups excluding carboxylic acids is 1. The predicted molar refractivity (Wildman–Crippen MR) is 62.4 cm³/mol. The predicted octanol–water partition coefficient (Wildman–Crippen LogP) is 2.04. The van der Waals surface area contributed by atoms with E-state index < -0.39 is 5.91 Å². The van der Waals surface area contributed by atoms with E-state index in [4.69, 9.17) is 10.2 Å². The van der Waals surface area contributed by atoms with E-state index in [1.54, 1.807) is 0 Å². The quantitative estimate of drug-likeness (QED) is 0.781. The monoisotopic (exact) mass is 234 g/mol. The number of carbonyl (C=O) groups is 1. The van der Waals surface area contributed by atoms with E-state index in [2.05, 4.69) is 17.6 Å². The molecule has 1 heterocycles. The van der Waals surface area contributed by atoms with Crippen molar-refractivity contribution in [3.8, 4) is 11.5 Å². The van der Waals surface area contributed by atoms with Crippen molar-refractivity contribution in [2.45, 2.75) is 12.0 Å². The van der Waals surface area contributed by atoms with E-state index in [9.17, 15) is 4.79 Å². The van der Waals surface area contributed by atoms with Gasteiger partial charge in [0.05, 0.1) is 0 Å². The zero-order valence-electron chi connectivity index (χ0n) is 8.60. The molecule has 4 nitrogen and oxygen atoms in total. The molecule has 2 rings (SSSR count). The molecule has 0 bridgehead atoms. The van der Waals surface area contributed by atoms with E-state index in [1.165, 1.54) is 0 Å². The van der Waals surface area contributed by atoms with Gasteiger partial charge in [-0.1, -0.05) is 17.7 Å². The Bertz CT molecular complexity index is 531. The van der Waals surface area contributed by atoms with Gasteiger partial charge in [-0.2, -0.15) is 0 Å². The first kappa shape index (κ1) is 10.8. The number of hydrogen-bond donors (Lipinski definition) is 2. The van der Waals surface area contributed by atoms with Crippen molar-refractivity contribution < 1.29 is 9.21 Å². The fourth-order valence-corrected chi connectivity index (χ4v) is 1.54. The van der Waals surface area contributed by atoms with Crippen LogP contribution in [0.1, 0.15) is 16.1 Å². The molecule has 0 spiro atoms. The van der Waals surface area contributed by atoms with Crippen LogP contribution in [0.3, 0.4) is 0 Å². The van der Waals surface area contributed by atoms with Gasteiger partial charge in [0.1, 0.15) is 0 Å². The second-order valence-corrected chi connectivity index (χ2v) is 3.81. The molecule has 0 saturated heterocycles. The number of aryl methyl sites for hydroxylation is 1. The Morgan fingerprint density at radius 2 is 2.00 bits per heavy atom. The number of primary amides is 1. The summed E-state index contributed by atoms with van der Waals surface area (Å²) in [5, 5.41) is 0.142. The molecule has 1 aromatic carbocycles. The summed E-state index contributed by atoms with van der Waals surface area (Å²) in [6.07, 6.45) is 0. The van der Waals surface area contributed by atoms with Crippen LogP contribution in [-0.4, -0.2) is 10.9 Å². The largest absolute Gasteiger partial charge is 0.429 e. The van der Waals surface area contributed by atoms with E-state index in [0.717, 1.165) is 11.1 Å². The summed E-state index contributed by atoms with van der Waals surface area (Å²) in [6, 6.07) is 7.58. The van der Waals surface area contributed by atoms with Gasteiger partial charge in [-0.15, -0.1) is 12.6 Å². The molecule has 0 aliphatic rings. The highest BCUT2D eigenvalue weighted by Gasteiger charge is 2.15. The van der Waals surface area contributed by atoms with E-state index in [0.29, 0.717) is 5.89 Å². The minimum atomic E-state index is -0.646. The number of rotatable bonds is 2. The molecule has 1 amide bonds. The second kappa shape index (κ2) is 4.02. The first-order valence-electron chi connectivity index (χ1n) is 4.64. The van der Waals surface area contributed by atoms with Crippen molar-refractivity contribution in [2.24, 2.45) is 5.73 Å². The van der Waals surface area contributed by atoms with E-state index >= 15 is 0 Å². The lowest BCUT2D eigenvalue weighted by molar-refractivity contribution is 0.0991. The van der Waals surface area contributed by atoms with Crippen molar-refractivity contribution in [2.75, 3.05) is 0 Å². The molecule has 0 radical (unpaired) electrons. The van der Waals surface area contributed by atoms with Crippen LogP contribution in [0.2, 0.25) is 0 Å². The normalized spacial score (nSPS) is 10.4. The van der Waals surface area contributed by atoms with E-state index in [-0.39, 0.29) is 10.8 Å². The van der Waals surface area contributed by atoms with Gasteiger partial charge < -0.3 is 10.2 Å². The minimum absolute atomic E-state index is 0.0545. The lowest BCUT2D eigenvalue weighted by Gasteiger charge is -1.95. The number of amides is 1. The number of nitrogens with two attached hydrogens (primary N) is 1. The molecule has 16 heavy (non-hydrogen) atoms. The van der Waals surface area contributed by atoms with Crippen molar-refractivity contribution in [1.29, 1.82) is 0 Å². The lowest BCUT2D eigenvalue weighted by atomic mass is 10.1. The SMILES string of the molecule is Cc1ccc(-c2nc(C(N)=O)c(S)o2)cc1. The lowest BCUT2D eigenvalue weighted by Crippen LogP contribution is -2.11. The Hall–Kier alpha value is -1.75. The number of benzene rings is 1. The van der Waals surface area contributed by atoms with Crippen LogP contribution in [0.25, 0.3) is 11.5 Å². The summed E-state index contributed by atoms with van der Waals surface area (Å²) < 4.78 is 5.25. The topological polar surface area (TPSA) is 69.1 Å². The van der Waals surface area contributed by atoms with E-state index in [1.807, 2.05) is 31.2 Å². The maximum atomic E-state index is 11.0. The van der Waals surface area contributed by atoms with Gasteiger partial charge in [-0.25, -0.2) is 4.98 Å². The highest BCUT2D eigenvalue weighted by atomic mass is 32.1. The molecule has 0 aliphatic heterocycles. The van der Waals surface area contributed by atoms with Gasteiger partial charge in [0.15, 0.2) is 10.8 Å². The van der Waals surface area contributed by atoms with Crippen LogP contribution in [-0.2, 0) is 0 Å². The summed E-state index contributed by atoms with van der Waals surface area (Å²) in [5.41, 5.74) is 7.10. The van der Waals surface area contributed by atoms with Crippen LogP contribution in [0.15, 0.2) is 33.8 Å². The van der Waals surface area contributed by atoms with Gasteiger partial charge >= 0.3 is 0 Å². The maximum absolute atomic E-state index is 11.0. The van der Waals surface area contributed by atoms with Gasteiger partial charge in [0, 0.05) is 5.56 Å². The Balaban J connectivity index is 2.45. The molecule has 5 heteroatoms. The zero-order chi connectivity index (χ0) is 11.7. The second-order valence-electron chi connectivity index (χ2n) is 3.40. The van der Waals surface area contributed by atoms with Crippen LogP contribution < -0.4 is 5.73 Å². The number of hydrogen-bond acceptors (Lipinski definition) is 4.